The molecule has 1 aliphatic carbocycles. The van der Waals surface area contributed by atoms with Gasteiger partial charge in [0.25, 0.3) is 0 Å². The molecule has 0 heterocycles. The molecule has 0 aromatic heterocycles. The molecule has 1 saturated carbocycles. The van der Waals surface area contributed by atoms with Gasteiger partial charge in [0.2, 0.25) is 0 Å². The van der Waals surface area contributed by atoms with Crippen LogP contribution in [0.15, 0.2) is 53.7 Å². The van der Waals surface area contributed by atoms with E-state index in [2.05, 4.69) is 43.3 Å². The fourth-order valence-electron chi connectivity index (χ4n) is 3.98. The second-order valence-electron chi connectivity index (χ2n) is 8.22. The highest BCUT2D eigenvalue weighted by atomic mass is 16.6. The van der Waals surface area contributed by atoms with Crippen LogP contribution in [0.25, 0.3) is 0 Å². The summed E-state index contributed by atoms with van der Waals surface area (Å²) in [4.78, 5) is 4.73. The monoisotopic (exact) mass is 467 g/mol. The maximum absolute atomic E-state index is 6.54. The van der Waals surface area contributed by atoms with E-state index in [4.69, 9.17) is 19.0 Å². The molecule has 0 radical (unpaired) electrons. The van der Waals surface area contributed by atoms with Gasteiger partial charge in [-0.3, -0.25) is 0 Å². The minimum absolute atomic E-state index is 0.0593. The predicted octanol–water partition coefficient (Wildman–Crippen LogP) is 7.17. The molecule has 2 atom stereocenters. The van der Waals surface area contributed by atoms with E-state index in [1.165, 1.54) is 20.0 Å². The Labute approximate surface area is 205 Å². The van der Waals surface area contributed by atoms with Gasteiger partial charge in [0.1, 0.15) is 31.3 Å². The highest BCUT2D eigenvalue weighted by molar-refractivity contribution is 5.79. The van der Waals surface area contributed by atoms with Gasteiger partial charge in [-0.1, -0.05) is 61.8 Å². The smallest absolute Gasteiger partial charge is 0.125 e. The molecule has 1 fully saturated rings. The molecule has 0 saturated heterocycles. The van der Waals surface area contributed by atoms with Crippen molar-refractivity contribution in [2.24, 2.45) is 5.16 Å². The molecule has 0 amide bonds. The highest BCUT2D eigenvalue weighted by Crippen LogP contribution is 2.33. The van der Waals surface area contributed by atoms with E-state index in [0.29, 0.717) is 13.2 Å². The van der Waals surface area contributed by atoms with Gasteiger partial charge in [0, 0.05) is 0 Å². The van der Waals surface area contributed by atoms with E-state index < -0.39 is 0 Å². The molecule has 0 aliphatic heterocycles. The normalized spacial score (nSPS) is 17.9. The molecule has 1 aliphatic rings. The zero-order chi connectivity index (χ0) is 24.8. The first-order valence-electron chi connectivity index (χ1n) is 12.4. The second kappa shape index (κ2) is 15.2. The van der Waals surface area contributed by atoms with Crippen LogP contribution in [0, 0.1) is 13.8 Å². The predicted molar refractivity (Wildman–Crippen MR) is 140 cm³/mol. The van der Waals surface area contributed by atoms with Gasteiger partial charge < -0.3 is 19.0 Å². The summed E-state index contributed by atoms with van der Waals surface area (Å²) in [5.74, 6) is 1.83. The Morgan fingerprint density at radius 1 is 0.971 bits per heavy atom. The fourth-order valence-corrected chi connectivity index (χ4v) is 3.98. The van der Waals surface area contributed by atoms with Gasteiger partial charge in [0.15, 0.2) is 0 Å². The highest BCUT2D eigenvalue weighted by Gasteiger charge is 2.28. The van der Waals surface area contributed by atoms with Gasteiger partial charge in [-0.15, -0.1) is 0 Å². The first-order valence-corrected chi connectivity index (χ1v) is 12.4. The summed E-state index contributed by atoms with van der Waals surface area (Å²) in [6.07, 6.45) is 10.2. The average molecular weight is 468 g/mol. The van der Waals surface area contributed by atoms with Crippen molar-refractivity contribution < 1.29 is 19.0 Å². The molecule has 0 bridgehead atoms. The molecule has 3 rings (SSSR count). The summed E-state index contributed by atoms with van der Waals surface area (Å²) in [5, 5.41) is 3.80. The van der Waals surface area contributed by atoms with Crippen molar-refractivity contribution in [3.05, 3.63) is 70.8 Å². The van der Waals surface area contributed by atoms with Crippen LogP contribution < -0.4 is 9.47 Å². The fraction of sp³-hybridized carbons (Fsp3) is 0.483. The van der Waals surface area contributed by atoms with Crippen molar-refractivity contribution in [2.75, 3.05) is 13.7 Å². The molecule has 2 aromatic carbocycles. The van der Waals surface area contributed by atoms with Crippen molar-refractivity contribution in [3.63, 3.8) is 0 Å². The van der Waals surface area contributed by atoms with E-state index in [1.807, 2.05) is 45.1 Å². The third-order valence-corrected chi connectivity index (χ3v) is 5.68. The summed E-state index contributed by atoms with van der Waals surface area (Å²) in [7, 11) is 1.54. The first-order chi connectivity index (χ1) is 16.6. The van der Waals surface area contributed by atoms with Crippen LogP contribution in [0.4, 0.5) is 0 Å². The topological polar surface area (TPSA) is 49.3 Å². The molecule has 0 spiro atoms. The van der Waals surface area contributed by atoms with Gasteiger partial charge in [0.05, 0.1) is 18.9 Å². The third kappa shape index (κ3) is 8.53. The number of ether oxygens (including phenoxy) is 3. The van der Waals surface area contributed by atoms with Gasteiger partial charge in [-0.25, -0.2) is 0 Å². The van der Waals surface area contributed by atoms with E-state index in [9.17, 15) is 0 Å². The number of rotatable bonds is 10. The van der Waals surface area contributed by atoms with Crippen LogP contribution in [0.3, 0.4) is 0 Å². The molecular formula is C29H41NO4. The molecule has 0 N–H and O–H groups in total. The number of hydrogen-bond donors (Lipinski definition) is 0. The molecule has 186 valence electrons. The first kappa shape index (κ1) is 27.5. The Hall–Kier alpha value is -2.79. The van der Waals surface area contributed by atoms with E-state index in [0.717, 1.165) is 46.6 Å². The van der Waals surface area contributed by atoms with Gasteiger partial charge in [-0.05, 0) is 74.4 Å². The maximum atomic E-state index is 6.54. The summed E-state index contributed by atoms with van der Waals surface area (Å²) in [5.41, 5.74) is 4.33. The Morgan fingerprint density at radius 2 is 1.62 bits per heavy atom. The Kier molecular flexibility index (Phi) is 12.3. The lowest BCUT2D eigenvalue weighted by Gasteiger charge is -2.33. The standard InChI is InChI=1S/C27H35NO4.C2H6/c1-5-6-15-30-24-16-20(2)27(21(3)17-24)32-26-10-8-7-9-25(26)31-19-23-13-11-22(12-14-23)18-28-29-4;1-2/h5-6,11-14,16-18,25-26H,7-10,15,19H2,1-4H3;1-2H3/b6-5+,28-18-;. The number of aryl methyl sites for hydroxylation is 2. The lowest BCUT2D eigenvalue weighted by atomic mass is 9.94. The van der Waals surface area contributed by atoms with Gasteiger partial charge >= 0.3 is 0 Å². The van der Waals surface area contributed by atoms with Gasteiger partial charge in [-0.2, -0.15) is 0 Å². The zero-order valence-electron chi connectivity index (χ0n) is 21.7. The van der Waals surface area contributed by atoms with E-state index in [1.54, 1.807) is 6.21 Å². The van der Waals surface area contributed by atoms with Crippen LogP contribution >= 0.6 is 0 Å². The zero-order valence-corrected chi connectivity index (χ0v) is 21.7. The van der Waals surface area contributed by atoms with Crippen molar-refractivity contribution in [1.29, 1.82) is 0 Å². The summed E-state index contributed by atoms with van der Waals surface area (Å²) in [6, 6.07) is 12.3. The number of benzene rings is 2. The lowest BCUT2D eigenvalue weighted by Crippen LogP contribution is -2.37. The average Bonchev–Trinajstić information content (AvgIpc) is 2.86. The molecule has 34 heavy (non-hydrogen) atoms. The molecule has 5 heteroatoms. The maximum Gasteiger partial charge on any atom is 0.125 e. The molecular weight excluding hydrogens is 426 g/mol. The largest absolute Gasteiger partial charge is 0.490 e. The number of nitrogens with zero attached hydrogens (tertiary/aromatic N) is 1. The third-order valence-electron chi connectivity index (χ3n) is 5.68. The van der Waals surface area contributed by atoms with Crippen molar-refractivity contribution in [3.8, 4) is 11.5 Å². The lowest BCUT2D eigenvalue weighted by molar-refractivity contribution is -0.0558. The quantitative estimate of drug-likeness (QED) is 0.211. The van der Waals surface area contributed by atoms with Crippen molar-refractivity contribution in [1.82, 2.24) is 0 Å². The number of oxime groups is 1. The summed E-state index contributed by atoms with van der Waals surface area (Å²) < 4.78 is 18.7. The molecule has 2 aromatic rings. The molecule has 5 nitrogen and oxygen atoms in total. The van der Waals surface area contributed by atoms with Crippen LogP contribution in [0.1, 0.15) is 68.7 Å². The van der Waals surface area contributed by atoms with Crippen LogP contribution in [0.5, 0.6) is 11.5 Å². The molecule has 2 unspecified atom stereocenters. The Balaban J connectivity index is 0.00000199. The number of hydrogen-bond acceptors (Lipinski definition) is 5. The Bertz CT molecular complexity index is 882. The number of allylic oxidation sites excluding steroid dienone is 1. The minimum Gasteiger partial charge on any atom is -0.490 e. The Morgan fingerprint density at radius 3 is 2.24 bits per heavy atom. The van der Waals surface area contributed by atoms with Crippen LogP contribution in [-0.4, -0.2) is 32.1 Å². The van der Waals surface area contributed by atoms with Crippen LogP contribution in [0.2, 0.25) is 0 Å². The second-order valence-corrected chi connectivity index (χ2v) is 8.22. The van der Waals surface area contributed by atoms with Crippen LogP contribution in [-0.2, 0) is 16.2 Å². The van der Waals surface area contributed by atoms with E-state index in [-0.39, 0.29) is 12.2 Å². The summed E-state index contributed by atoms with van der Waals surface area (Å²) in [6.45, 7) is 11.3. The van der Waals surface area contributed by atoms with Crippen molar-refractivity contribution >= 4 is 6.21 Å². The van der Waals surface area contributed by atoms with Crippen molar-refractivity contribution in [2.45, 2.75) is 79.1 Å². The van der Waals surface area contributed by atoms with E-state index >= 15 is 0 Å². The summed E-state index contributed by atoms with van der Waals surface area (Å²) >= 11 is 0. The minimum atomic E-state index is 0.0593. The SMILES string of the molecule is C/C=C/COc1cc(C)c(OC2CCCCC2OCc2ccc(/C=N\OC)cc2)c(C)c1.CC.